The van der Waals surface area contributed by atoms with Crippen molar-refractivity contribution in [2.45, 2.75) is 37.8 Å². The fraction of sp³-hybridized carbons (Fsp3) is 0.273. The summed E-state index contributed by atoms with van der Waals surface area (Å²) < 4.78 is 69.6. The van der Waals surface area contributed by atoms with Gasteiger partial charge in [0.2, 0.25) is 11.8 Å². The first-order valence-electron chi connectivity index (χ1n) is 11.9. The summed E-state index contributed by atoms with van der Waals surface area (Å²) in [5.74, 6) is -8.46. The van der Waals surface area contributed by atoms with E-state index in [1.54, 1.807) is 0 Å². The molecule has 2 N–H and O–H groups in total. The van der Waals surface area contributed by atoms with E-state index in [0.717, 1.165) is 18.2 Å². The molecule has 10 heteroatoms. The molecule has 4 rings (SSSR count). The Hall–Kier alpha value is -3.33. The number of piperidine rings is 1. The SMILES string of the molecule is [2H]c1cc(C(F)(F)C(=O)N([2H])C([2H])([2H])c2ccc3c(c2)CN(C2CCC(=O)NC2=O)C3=O)c([2H])cc1Cl. The largest absolute Gasteiger partial charge is 0.349 e. The molecule has 2 aliphatic heterocycles. The van der Waals surface area contributed by atoms with Crippen molar-refractivity contribution >= 4 is 35.2 Å². The van der Waals surface area contributed by atoms with Crippen molar-refractivity contribution in [3.8, 4) is 0 Å². The zero-order chi connectivity index (χ0) is 27.4. The number of nitrogens with zero attached hydrogens (tertiary/aromatic N) is 1. The van der Waals surface area contributed by atoms with Crippen LogP contribution in [0.2, 0.25) is 6.43 Å². The lowest BCUT2D eigenvalue weighted by Gasteiger charge is -2.29. The molecule has 1 unspecified atom stereocenters. The molecule has 1 saturated heterocycles. The average Bonchev–Trinajstić information content (AvgIpc) is 3.15. The van der Waals surface area contributed by atoms with Crippen LogP contribution in [0, 0.1) is 0 Å². The van der Waals surface area contributed by atoms with E-state index in [1.165, 1.54) is 11.0 Å². The summed E-state index contributed by atoms with van der Waals surface area (Å²) in [7, 11) is 0. The molecule has 0 aromatic heterocycles. The number of hydrogen-bond acceptors (Lipinski definition) is 4. The molecular formula is C22H18ClF2N3O4. The van der Waals surface area contributed by atoms with Gasteiger partial charge in [-0.3, -0.25) is 24.5 Å². The molecule has 2 aromatic carbocycles. The molecule has 166 valence electrons. The van der Waals surface area contributed by atoms with E-state index in [0.29, 0.717) is 6.07 Å². The Labute approximate surface area is 193 Å². The molecule has 1 atom stereocenters. The summed E-state index contributed by atoms with van der Waals surface area (Å²) in [6.07, 6.45) is 0.134. The maximum Gasteiger partial charge on any atom is 0.349 e. The molecule has 1 fully saturated rings. The van der Waals surface area contributed by atoms with Crippen molar-refractivity contribution in [2.75, 3.05) is 0 Å². The highest BCUT2D eigenvalue weighted by atomic mass is 35.5. The minimum absolute atomic E-state index is 0.0316. The van der Waals surface area contributed by atoms with E-state index < -0.39 is 65.0 Å². The van der Waals surface area contributed by atoms with Crippen LogP contribution in [-0.4, -0.2) is 34.6 Å². The molecule has 0 bridgehead atoms. The van der Waals surface area contributed by atoms with Gasteiger partial charge in [-0.1, -0.05) is 35.8 Å². The summed E-state index contributed by atoms with van der Waals surface area (Å²) in [5.41, 5.74) is -1.22. The van der Waals surface area contributed by atoms with Crippen molar-refractivity contribution < 1.29 is 34.9 Å². The van der Waals surface area contributed by atoms with Crippen molar-refractivity contribution in [1.29, 1.82) is 0 Å². The maximum absolute atomic E-state index is 15.0. The van der Waals surface area contributed by atoms with Gasteiger partial charge in [0.1, 0.15) is 6.04 Å². The number of imide groups is 1. The lowest BCUT2D eigenvalue weighted by molar-refractivity contribution is -0.147. The van der Waals surface area contributed by atoms with Crippen molar-refractivity contribution in [3.05, 3.63) is 69.7 Å². The van der Waals surface area contributed by atoms with E-state index in [1.807, 2.05) is 0 Å². The number of nitrogens with one attached hydrogen (secondary N) is 2. The first-order chi connectivity index (χ1) is 17.2. The van der Waals surface area contributed by atoms with Gasteiger partial charge in [0.25, 0.3) is 11.8 Å². The lowest BCUT2D eigenvalue weighted by atomic mass is 10.0. The monoisotopic (exact) mass is 466 g/mol. The van der Waals surface area contributed by atoms with Gasteiger partial charge in [0, 0.05) is 35.6 Å². The third kappa shape index (κ3) is 4.08. The molecule has 2 aromatic rings. The van der Waals surface area contributed by atoms with Gasteiger partial charge in [0.15, 0.2) is 1.41 Å². The maximum atomic E-state index is 15.0. The van der Waals surface area contributed by atoms with Crippen LogP contribution < -0.4 is 10.6 Å². The van der Waals surface area contributed by atoms with Gasteiger partial charge >= 0.3 is 5.92 Å². The number of amides is 4. The Morgan fingerprint density at radius 2 is 2.09 bits per heavy atom. The number of fused-ring (bicyclic) bond motifs is 1. The molecule has 0 spiro atoms. The Balaban J connectivity index is 1.60. The Kier molecular flexibility index (Phi) is 4.24. The molecular weight excluding hydrogens is 444 g/mol. The quantitative estimate of drug-likeness (QED) is 0.662. The summed E-state index contributed by atoms with van der Waals surface area (Å²) in [6.45, 7) is -3.23. The highest BCUT2D eigenvalue weighted by molar-refractivity contribution is 6.30. The van der Waals surface area contributed by atoms with Crippen molar-refractivity contribution in [1.82, 2.24) is 15.5 Å². The highest BCUT2D eigenvalue weighted by Crippen LogP contribution is 2.30. The number of carbonyl (C=O) groups excluding carboxylic acids is 4. The number of rotatable bonds is 5. The molecule has 2 heterocycles. The molecule has 0 aliphatic carbocycles. The molecule has 0 radical (unpaired) electrons. The Bertz CT molecular complexity index is 1360. The van der Waals surface area contributed by atoms with Gasteiger partial charge in [-0.25, -0.2) is 0 Å². The summed E-state index contributed by atoms with van der Waals surface area (Å²) in [4.78, 5) is 50.2. The van der Waals surface area contributed by atoms with Gasteiger partial charge in [-0.05, 0) is 35.7 Å². The van der Waals surface area contributed by atoms with Crippen LogP contribution in [0.5, 0.6) is 0 Å². The minimum Gasteiger partial charge on any atom is -0.346 e. The number of carbonyl (C=O) groups is 4. The zero-order valence-electron chi connectivity index (χ0n) is 21.2. The fourth-order valence-corrected chi connectivity index (χ4v) is 3.60. The van der Waals surface area contributed by atoms with Crippen LogP contribution in [0.25, 0.3) is 0 Å². The predicted molar refractivity (Wildman–Crippen MR) is 110 cm³/mol. The number of halogens is 3. The van der Waals surface area contributed by atoms with Crippen LogP contribution in [0.1, 0.15) is 45.4 Å². The second kappa shape index (κ2) is 8.31. The van der Waals surface area contributed by atoms with Crippen LogP contribution >= 0.6 is 11.6 Å². The summed E-state index contributed by atoms with van der Waals surface area (Å²) >= 11 is 5.65. The van der Waals surface area contributed by atoms with Crippen molar-refractivity contribution in [2.24, 2.45) is 0 Å². The molecule has 0 saturated carbocycles. The van der Waals surface area contributed by atoms with Crippen LogP contribution in [0.3, 0.4) is 0 Å². The van der Waals surface area contributed by atoms with E-state index >= 15 is 0 Å². The van der Waals surface area contributed by atoms with Gasteiger partial charge in [-0.15, -0.1) is 0 Å². The standard InChI is InChI=1S/C22H18ClF2N3O4/c23-15-4-2-14(3-5-15)22(24,25)21(32)26-10-12-1-6-16-13(9-12)11-28(20(16)31)17-7-8-18(29)27-19(17)30/h1-6,9,17H,7-8,10-11H2,(H,26,32)(H,27,29,30)/i2D,5D,10D2/hD. The average molecular weight is 467 g/mol. The van der Waals surface area contributed by atoms with Gasteiger partial charge in [0.05, 0.1) is 5.48 Å². The molecule has 32 heavy (non-hydrogen) atoms. The normalized spacial score (nSPS) is 21.1. The van der Waals surface area contributed by atoms with Crippen LogP contribution in [-0.2, 0) is 33.3 Å². The Morgan fingerprint density at radius 1 is 1.31 bits per heavy atom. The molecule has 4 amide bonds. The van der Waals surface area contributed by atoms with Crippen LogP contribution in [0.15, 0.2) is 42.4 Å². The molecule has 7 nitrogen and oxygen atoms in total. The first-order valence-corrected chi connectivity index (χ1v) is 9.80. The topological polar surface area (TPSA) is 95.6 Å². The minimum atomic E-state index is -4.53. The number of hydrogen-bond donors (Lipinski definition) is 2. The predicted octanol–water partition coefficient (Wildman–Crippen LogP) is 2.51. The van der Waals surface area contributed by atoms with E-state index in [4.69, 9.17) is 18.5 Å². The Morgan fingerprint density at radius 3 is 2.84 bits per heavy atom. The molecule has 2 aliphatic rings. The van der Waals surface area contributed by atoms with Gasteiger partial charge in [-0.2, -0.15) is 8.78 Å². The lowest BCUT2D eigenvalue weighted by Crippen LogP contribution is -2.52. The van der Waals surface area contributed by atoms with E-state index in [9.17, 15) is 28.0 Å². The van der Waals surface area contributed by atoms with E-state index in [2.05, 4.69) is 5.32 Å². The second-order valence-corrected chi connectivity index (χ2v) is 7.62. The first kappa shape index (κ1) is 16.3. The smallest absolute Gasteiger partial charge is 0.346 e. The third-order valence-corrected chi connectivity index (χ3v) is 5.34. The fourth-order valence-electron chi connectivity index (χ4n) is 3.49. The summed E-state index contributed by atoms with van der Waals surface area (Å²) in [6, 6.07) is 2.31. The van der Waals surface area contributed by atoms with Gasteiger partial charge < -0.3 is 10.2 Å². The third-order valence-electron chi connectivity index (χ3n) is 5.13. The number of alkyl halides is 2. The highest BCUT2D eigenvalue weighted by Gasteiger charge is 2.41. The van der Waals surface area contributed by atoms with E-state index in [-0.39, 0.29) is 41.1 Å². The number of benzene rings is 2. The van der Waals surface area contributed by atoms with Crippen molar-refractivity contribution in [3.63, 3.8) is 0 Å². The van der Waals surface area contributed by atoms with Crippen LogP contribution in [0.4, 0.5) is 8.78 Å². The zero-order valence-corrected chi connectivity index (χ0v) is 17.0. The summed E-state index contributed by atoms with van der Waals surface area (Å²) in [5, 5.41) is 1.30. The second-order valence-electron chi connectivity index (χ2n) is 7.21.